The highest BCUT2D eigenvalue weighted by Crippen LogP contribution is 2.14. The van der Waals surface area contributed by atoms with E-state index in [9.17, 15) is 9.90 Å². The summed E-state index contributed by atoms with van der Waals surface area (Å²) in [6.07, 6.45) is 1.53. The van der Waals surface area contributed by atoms with Crippen LogP contribution in [0.5, 0.6) is 11.5 Å². The Labute approximate surface area is 106 Å². The van der Waals surface area contributed by atoms with Crippen LogP contribution in [-0.4, -0.2) is 18.0 Å². The summed E-state index contributed by atoms with van der Waals surface area (Å²) < 4.78 is 5.55. The lowest BCUT2D eigenvalue weighted by molar-refractivity contribution is 0.112. The lowest BCUT2D eigenvalue weighted by Gasteiger charge is -2.06. The van der Waals surface area contributed by atoms with Gasteiger partial charge in [0.05, 0.1) is 6.61 Å². The quantitative estimate of drug-likeness (QED) is 0.820. The van der Waals surface area contributed by atoms with Gasteiger partial charge in [-0.15, -0.1) is 0 Å². The zero-order valence-corrected chi connectivity index (χ0v) is 9.87. The number of carbonyl (C=O) groups is 1. The highest BCUT2D eigenvalue weighted by atomic mass is 16.5. The van der Waals surface area contributed by atoms with Crippen molar-refractivity contribution >= 4 is 6.29 Å². The molecule has 92 valence electrons. The van der Waals surface area contributed by atoms with Crippen molar-refractivity contribution < 1.29 is 14.6 Å². The topological polar surface area (TPSA) is 46.5 Å². The smallest absolute Gasteiger partial charge is 0.150 e. The third kappa shape index (κ3) is 3.35. The molecule has 3 heteroatoms. The van der Waals surface area contributed by atoms with E-state index in [1.54, 1.807) is 36.4 Å². The first-order valence-corrected chi connectivity index (χ1v) is 5.74. The second kappa shape index (κ2) is 5.87. The molecule has 0 aliphatic rings. The van der Waals surface area contributed by atoms with Crippen molar-refractivity contribution in [2.24, 2.45) is 0 Å². The Balaban J connectivity index is 1.86. The fourth-order valence-corrected chi connectivity index (χ4v) is 1.64. The van der Waals surface area contributed by atoms with Crippen molar-refractivity contribution in [3.63, 3.8) is 0 Å². The van der Waals surface area contributed by atoms with Crippen LogP contribution in [0, 0.1) is 0 Å². The molecular weight excluding hydrogens is 228 g/mol. The summed E-state index contributed by atoms with van der Waals surface area (Å²) >= 11 is 0. The number of aldehydes is 1. The molecule has 0 aliphatic carbocycles. The number of hydrogen-bond donors (Lipinski definition) is 1. The zero-order chi connectivity index (χ0) is 12.8. The molecule has 0 saturated carbocycles. The van der Waals surface area contributed by atoms with Gasteiger partial charge in [0.2, 0.25) is 0 Å². The van der Waals surface area contributed by atoms with Gasteiger partial charge in [0.1, 0.15) is 17.8 Å². The lowest BCUT2D eigenvalue weighted by atomic mass is 10.1. The van der Waals surface area contributed by atoms with Gasteiger partial charge in [0.25, 0.3) is 0 Å². The predicted molar refractivity (Wildman–Crippen MR) is 69.1 cm³/mol. The molecule has 0 spiro atoms. The maximum Gasteiger partial charge on any atom is 0.150 e. The van der Waals surface area contributed by atoms with Gasteiger partial charge in [-0.1, -0.05) is 12.1 Å². The molecule has 0 unspecified atom stereocenters. The van der Waals surface area contributed by atoms with Crippen molar-refractivity contribution in [1.29, 1.82) is 0 Å². The first-order valence-electron chi connectivity index (χ1n) is 5.74. The summed E-state index contributed by atoms with van der Waals surface area (Å²) in [6.45, 7) is 0.532. The SMILES string of the molecule is O=Cc1ccc(OCCc2cccc(O)c2)cc1. The molecule has 0 aromatic heterocycles. The minimum absolute atomic E-state index is 0.267. The van der Waals surface area contributed by atoms with E-state index in [-0.39, 0.29) is 5.75 Å². The molecule has 3 nitrogen and oxygen atoms in total. The van der Waals surface area contributed by atoms with E-state index in [1.165, 1.54) is 0 Å². The van der Waals surface area contributed by atoms with Crippen LogP contribution in [0.15, 0.2) is 48.5 Å². The summed E-state index contributed by atoms with van der Waals surface area (Å²) in [7, 11) is 0. The van der Waals surface area contributed by atoms with Gasteiger partial charge < -0.3 is 9.84 Å². The molecule has 2 aromatic rings. The van der Waals surface area contributed by atoms with Crippen LogP contribution in [0.2, 0.25) is 0 Å². The number of phenolic OH excluding ortho intramolecular Hbond substituents is 1. The molecule has 0 aliphatic heterocycles. The first kappa shape index (κ1) is 12.2. The van der Waals surface area contributed by atoms with Crippen LogP contribution in [0.25, 0.3) is 0 Å². The molecular formula is C15H14O3. The third-order valence-corrected chi connectivity index (χ3v) is 2.59. The Bertz CT molecular complexity index is 518. The van der Waals surface area contributed by atoms with Crippen LogP contribution in [0.3, 0.4) is 0 Å². The van der Waals surface area contributed by atoms with Gasteiger partial charge in [-0.25, -0.2) is 0 Å². The van der Waals surface area contributed by atoms with Crippen molar-refractivity contribution in [3.05, 3.63) is 59.7 Å². The third-order valence-electron chi connectivity index (χ3n) is 2.59. The van der Waals surface area contributed by atoms with E-state index in [2.05, 4.69) is 0 Å². The molecule has 2 rings (SSSR count). The number of ether oxygens (including phenoxy) is 1. The lowest BCUT2D eigenvalue weighted by Crippen LogP contribution is -2.01. The molecule has 0 heterocycles. The van der Waals surface area contributed by atoms with E-state index in [4.69, 9.17) is 4.74 Å². The summed E-state index contributed by atoms with van der Waals surface area (Å²) in [4.78, 5) is 10.5. The van der Waals surface area contributed by atoms with Gasteiger partial charge in [-0.05, 0) is 42.0 Å². The fourth-order valence-electron chi connectivity index (χ4n) is 1.64. The second-order valence-electron chi connectivity index (χ2n) is 3.96. The normalized spacial score (nSPS) is 10.0. The number of carbonyl (C=O) groups excluding carboxylic acids is 1. The molecule has 0 bridgehead atoms. The molecule has 0 radical (unpaired) electrons. The predicted octanol–water partition coefficient (Wildman–Crippen LogP) is 2.83. The number of rotatable bonds is 5. The van der Waals surface area contributed by atoms with E-state index >= 15 is 0 Å². The molecule has 0 atom stereocenters. The van der Waals surface area contributed by atoms with Crippen molar-refractivity contribution in [2.75, 3.05) is 6.61 Å². The Morgan fingerprint density at radius 2 is 1.89 bits per heavy atom. The van der Waals surface area contributed by atoms with Crippen molar-refractivity contribution in [1.82, 2.24) is 0 Å². The maximum absolute atomic E-state index is 10.5. The summed E-state index contributed by atoms with van der Waals surface area (Å²) in [5.74, 6) is 1.00. The van der Waals surface area contributed by atoms with Crippen LogP contribution in [0.1, 0.15) is 15.9 Å². The average molecular weight is 242 g/mol. The van der Waals surface area contributed by atoms with E-state index in [0.717, 1.165) is 24.0 Å². The Kier molecular flexibility index (Phi) is 3.97. The molecule has 0 saturated heterocycles. The minimum atomic E-state index is 0.267. The number of hydrogen-bond acceptors (Lipinski definition) is 3. The number of phenols is 1. The van der Waals surface area contributed by atoms with Crippen LogP contribution in [-0.2, 0) is 6.42 Å². The van der Waals surface area contributed by atoms with Crippen molar-refractivity contribution in [3.8, 4) is 11.5 Å². The Hall–Kier alpha value is -2.29. The highest BCUT2D eigenvalue weighted by molar-refractivity contribution is 5.74. The molecule has 0 fully saturated rings. The number of aromatic hydroxyl groups is 1. The molecule has 0 amide bonds. The van der Waals surface area contributed by atoms with Gasteiger partial charge >= 0.3 is 0 Å². The Morgan fingerprint density at radius 1 is 1.11 bits per heavy atom. The summed E-state index contributed by atoms with van der Waals surface area (Å²) in [5.41, 5.74) is 1.66. The summed E-state index contributed by atoms with van der Waals surface area (Å²) in [5, 5.41) is 9.31. The molecule has 1 N–H and O–H groups in total. The fraction of sp³-hybridized carbons (Fsp3) is 0.133. The highest BCUT2D eigenvalue weighted by Gasteiger charge is 1.97. The van der Waals surface area contributed by atoms with E-state index in [1.807, 2.05) is 12.1 Å². The summed E-state index contributed by atoms with van der Waals surface area (Å²) in [6, 6.07) is 14.1. The average Bonchev–Trinajstić information content (AvgIpc) is 2.40. The van der Waals surface area contributed by atoms with Crippen LogP contribution >= 0.6 is 0 Å². The Morgan fingerprint density at radius 3 is 2.56 bits per heavy atom. The molecule has 2 aromatic carbocycles. The molecule has 18 heavy (non-hydrogen) atoms. The van der Waals surface area contributed by atoms with Crippen LogP contribution < -0.4 is 4.74 Å². The first-order chi connectivity index (χ1) is 8.78. The maximum atomic E-state index is 10.5. The second-order valence-corrected chi connectivity index (χ2v) is 3.96. The number of benzene rings is 2. The van der Waals surface area contributed by atoms with E-state index in [0.29, 0.717) is 12.2 Å². The van der Waals surface area contributed by atoms with Gasteiger partial charge in [-0.3, -0.25) is 4.79 Å². The monoisotopic (exact) mass is 242 g/mol. The standard InChI is InChI=1S/C15H14O3/c16-11-13-4-6-15(7-5-13)18-9-8-12-2-1-3-14(17)10-12/h1-7,10-11,17H,8-9H2. The van der Waals surface area contributed by atoms with Gasteiger partial charge in [-0.2, -0.15) is 0 Å². The van der Waals surface area contributed by atoms with Gasteiger partial charge in [0.15, 0.2) is 0 Å². The largest absolute Gasteiger partial charge is 0.508 e. The van der Waals surface area contributed by atoms with Gasteiger partial charge in [0, 0.05) is 12.0 Å². The van der Waals surface area contributed by atoms with Crippen molar-refractivity contribution in [2.45, 2.75) is 6.42 Å². The minimum Gasteiger partial charge on any atom is -0.508 e. The zero-order valence-electron chi connectivity index (χ0n) is 9.87. The van der Waals surface area contributed by atoms with E-state index < -0.39 is 0 Å². The van der Waals surface area contributed by atoms with Crippen LogP contribution in [0.4, 0.5) is 0 Å².